The van der Waals surface area contributed by atoms with Crippen molar-refractivity contribution in [3.63, 3.8) is 0 Å². The first-order valence-corrected chi connectivity index (χ1v) is 5.65. The van der Waals surface area contributed by atoms with Gasteiger partial charge in [-0.25, -0.2) is 4.98 Å². The van der Waals surface area contributed by atoms with Crippen molar-refractivity contribution in [1.82, 2.24) is 20.1 Å². The molecule has 94 valence electrons. The van der Waals surface area contributed by atoms with Crippen LogP contribution >= 0.6 is 0 Å². The van der Waals surface area contributed by atoms with Crippen molar-refractivity contribution < 1.29 is 4.79 Å². The Kier molecular flexibility index (Phi) is 3.57. The maximum Gasteiger partial charge on any atom is 0.221 e. The lowest BCUT2D eigenvalue weighted by Crippen LogP contribution is -2.19. The second kappa shape index (κ2) is 5.31. The molecule has 1 aromatic carbocycles. The molecule has 0 saturated carbocycles. The number of rotatable bonds is 4. The Hall–Kier alpha value is -2.37. The summed E-state index contributed by atoms with van der Waals surface area (Å²) in [6.07, 6.45) is 2.01. The molecule has 0 spiro atoms. The van der Waals surface area contributed by atoms with Gasteiger partial charge in [0.2, 0.25) is 5.91 Å². The number of carbonyl (C=O) groups excluding carboxylic acids is 1. The molecule has 1 amide bonds. The molecule has 0 bridgehead atoms. The van der Waals surface area contributed by atoms with Crippen LogP contribution in [0.1, 0.15) is 6.42 Å². The number of anilines is 1. The molecule has 6 nitrogen and oxygen atoms in total. The van der Waals surface area contributed by atoms with Gasteiger partial charge in [0.25, 0.3) is 0 Å². The van der Waals surface area contributed by atoms with Gasteiger partial charge >= 0.3 is 0 Å². The number of nitrogen functional groups attached to an aromatic ring is 1. The summed E-state index contributed by atoms with van der Waals surface area (Å²) >= 11 is 0. The molecule has 18 heavy (non-hydrogen) atoms. The van der Waals surface area contributed by atoms with E-state index in [-0.39, 0.29) is 5.91 Å². The quantitative estimate of drug-likeness (QED) is 0.775. The van der Waals surface area contributed by atoms with Crippen LogP contribution in [0.2, 0.25) is 0 Å². The van der Waals surface area contributed by atoms with Crippen LogP contribution in [0, 0.1) is 0 Å². The summed E-state index contributed by atoms with van der Waals surface area (Å²) in [6.45, 7) is 0.516. The smallest absolute Gasteiger partial charge is 0.221 e. The maximum atomic E-state index is 11.1. The normalized spacial score (nSPS) is 10.3. The Morgan fingerprint density at radius 3 is 2.78 bits per heavy atom. The molecule has 0 fully saturated rings. The van der Waals surface area contributed by atoms with Crippen LogP contribution in [-0.2, 0) is 11.3 Å². The van der Waals surface area contributed by atoms with Gasteiger partial charge < -0.3 is 11.1 Å². The summed E-state index contributed by atoms with van der Waals surface area (Å²) in [6, 6.07) is 7.35. The molecule has 3 N–H and O–H groups in total. The second-order valence-corrected chi connectivity index (χ2v) is 3.88. The Morgan fingerprint density at radius 1 is 1.39 bits per heavy atom. The van der Waals surface area contributed by atoms with Gasteiger partial charge in [-0.1, -0.05) is 0 Å². The van der Waals surface area contributed by atoms with Crippen molar-refractivity contribution in [2.45, 2.75) is 13.0 Å². The van der Waals surface area contributed by atoms with E-state index in [9.17, 15) is 4.79 Å². The molecule has 0 aliphatic rings. The van der Waals surface area contributed by atoms with E-state index in [1.54, 1.807) is 30.2 Å². The van der Waals surface area contributed by atoms with Crippen molar-refractivity contribution in [3.8, 4) is 11.4 Å². The fourth-order valence-electron chi connectivity index (χ4n) is 1.51. The molecular weight excluding hydrogens is 230 g/mol. The third-order valence-corrected chi connectivity index (χ3v) is 2.55. The van der Waals surface area contributed by atoms with Gasteiger partial charge in [0.1, 0.15) is 6.33 Å². The standard InChI is InChI=1S/C12H15N5O/c1-14-11(18)6-7-17-8-15-12(16-17)9-2-4-10(13)5-3-9/h2-5,8H,6-7,13H2,1H3,(H,14,18). The number of hydrogen-bond acceptors (Lipinski definition) is 4. The third-order valence-electron chi connectivity index (χ3n) is 2.55. The topological polar surface area (TPSA) is 85.8 Å². The van der Waals surface area contributed by atoms with Crippen molar-refractivity contribution in [2.24, 2.45) is 0 Å². The number of aryl methyl sites for hydroxylation is 1. The fourth-order valence-corrected chi connectivity index (χ4v) is 1.51. The summed E-state index contributed by atoms with van der Waals surface area (Å²) in [4.78, 5) is 15.3. The first kappa shape index (κ1) is 12.1. The summed E-state index contributed by atoms with van der Waals surface area (Å²) in [5.41, 5.74) is 7.23. The van der Waals surface area contributed by atoms with Crippen LogP contribution in [-0.4, -0.2) is 27.7 Å². The van der Waals surface area contributed by atoms with E-state index in [2.05, 4.69) is 15.4 Å². The van der Waals surface area contributed by atoms with Crippen molar-refractivity contribution in [2.75, 3.05) is 12.8 Å². The lowest BCUT2D eigenvalue weighted by molar-refractivity contribution is -0.120. The second-order valence-electron chi connectivity index (χ2n) is 3.88. The Morgan fingerprint density at radius 2 is 2.11 bits per heavy atom. The zero-order valence-electron chi connectivity index (χ0n) is 10.1. The van der Waals surface area contributed by atoms with Gasteiger partial charge in [0, 0.05) is 24.7 Å². The van der Waals surface area contributed by atoms with Crippen LogP contribution < -0.4 is 11.1 Å². The average Bonchev–Trinajstić information content (AvgIpc) is 2.85. The molecule has 1 aromatic heterocycles. The van der Waals surface area contributed by atoms with E-state index >= 15 is 0 Å². The highest BCUT2D eigenvalue weighted by atomic mass is 16.1. The highest BCUT2D eigenvalue weighted by molar-refractivity contribution is 5.75. The molecule has 2 rings (SSSR count). The molecule has 0 aliphatic heterocycles. The highest BCUT2D eigenvalue weighted by Gasteiger charge is 2.05. The number of amides is 1. The summed E-state index contributed by atoms with van der Waals surface area (Å²) in [5.74, 6) is 0.617. The number of nitrogens with two attached hydrogens (primary N) is 1. The average molecular weight is 245 g/mol. The van der Waals surface area contributed by atoms with E-state index in [1.807, 2.05) is 12.1 Å². The predicted octanol–water partition coefficient (Wildman–Crippen LogP) is 0.663. The van der Waals surface area contributed by atoms with Gasteiger partial charge in [-0.2, -0.15) is 5.10 Å². The Labute approximate surface area is 105 Å². The van der Waals surface area contributed by atoms with Crippen molar-refractivity contribution >= 4 is 11.6 Å². The molecule has 1 heterocycles. The molecule has 0 atom stereocenters. The third kappa shape index (κ3) is 2.85. The molecule has 0 aliphatic carbocycles. The Bertz CT molecular complexity index is 532. The number of nitrogens with one attached hydrogen (secondary N) is 1. The molecule has 0 radical (unpaired) electrons. The van der Waals surface area contributed by atoms with E-state index < -0.39 is 0 Å². The van der Waals surface area contributed by atoms with Crippen LogP contribution in [0.15, 0.2) is 30.6 Å². The lowest BCUT2D eigenvalue weighted by Gasteiger charge is -1.99. The number of benzene rings is 1. The number of carbonyl (C=O) groups is 1. The van der Waals surface area contributed by atoms with Gasteiger partial charge in [-0.15, -0.1) is 0 Å². The maximum absolute atomic E-state index is 11.1. The van der Waals surface area contributed by atoms with E-state index in [4.69, 9.17) is 5.73 Å². The minimum atomic E-state index is -0.0143. The van der Waals surface area contributed by atoms with Crippen molar-refractivity contribution in [1.29, 1.82) is 0 Å². The van der Waals surface area contributed by atoms with Crippen molar-refractivity contribution in [3.05, 3.63) is 30.6 Å². The largest absolute Gasteiger partial charge is 0.399 e. The summed E-state index contributed by atoms with van der Waals surface area (Å²) in [5, 5.41) is 6.87. The fraction of sp³-hybridized carbons (Fsp3) is 0.250. The number of nitrogens with zero attached hydrogens (tertiary/aromatic N) is 3. The van der Waals surface area contributed by atoms with Gasteiger partial charge in [-0.3, -0.25) is 9.48 Å². The lowest BCUT2D eigenvalue weighted by atomic mass is 10.2. The monoisotopic (exact) mass is 245 g/mol. The molecule has 2 aromatic rings. The summed E-state index contributed by atoms with van der Waals surface area (Å²) < 4.78 is 1.65. The van der Waals surface area contributed by atoms with Gasteiger partial charge in [0.05, 0.1) is 6.54 Å². The SMILES string of the molecule is CNC(=O)CCn1cnc(-c2ccc(N)cc2)n1. The predicted molar refractivity (Wildman–Crippen MR) is 68.6 cm³/mol. The van der Waals surface area contributed by atoms with Crippen LogP contribution in [0.25, 0.3) is 11.4 Å². The van der Waals surface area contributed by atoms with E-state index in [1.165, 1.54) is 0 Å². The number of hydrogen-bond donors (Lipinski definition) is 2. The van der Waals surface area contributed by atoms with Gasteiger partial charge in [0.15, 0.2) is 5.82 Å². The molecule has 0 unspecified atom stereocenters. The minimum Gasteiger partial charge on any atom is -0.399 e. The first-order chi connectivity index (χ1) is 8.69. The molecule has 0 saturated heterocycles. The van der Waals surface area contributed by atoms with Crippen LogP contribution in [0.3, 0.4) is 0 Å². The minimum absolute atomic E-state index is 0.0143. The Balaban J connectivity index is 2.06. The summed E-state index contributed by atoms with van der Waals surface area (Å²) in [7, 11) is 1.61. The molecular formula is C12H15N5O. The zero-order chi connectivity index (χ0) is 13.0. The molecule has 6 heteroatoms. The van der Waals surface area contributed by atoms with Crippen LogP contribution in [0.5, 0.6) is 0 Å². The van der Waals surface area contributed by atoms with E-state index in [0.717, 1.165) is 5.56 Å². The first-order valence-electron chi connectivity index (χ1n) is 5.65. The number of aromatic nitrogens is 3. The zero-order valence-corrected chi connectivity index (χ0v) is 10.1. The van der Waals surface area contributed by atoms with E-state index in [0.29, 0.717) is 24.5 Å². The highest BCUT2D eigenvalue weighted by Crippen LogP contribution is 2.15. The van der Waals surface area contributed by atoms with Crippen LogP contribution in [0.4, 0.5) is 5.69 Å². The van der Waals surface area contributed by atoms with Gasteiger partial charge in [-0.05, 0) is 24.3 Å².